The maximum absolute atomic E-state index is 5.28. The van der Waals surface area contributed by atoms with Gasteiger partial charge in [0.2, 0.25) is 0 Å². The van der Waals surface area contributed by atoms with Gasteiger partial charge in [0.1, 0.15) is 0 Å². The van der Waals surface area contributed by atoms with Gasteiger partial charge in [-0.25, -0.2) is 0 Å². The third-order valence-electron chi connectivity index (χ3n) is 1.82. The second-order valence-electron chi connectivity index (χ2n) is 3.88. The van der Waals surface area contributed by atoms with E-state index in [1.54, 1.807) is 0 Å². The number of hydrogen-bond acceptors (Lipinski definition) is 0. The monoisotopic (exact) mass is 355 g/mol. The first-order chi connectivity index (χ1) is 6.04. The van der Waals surface area contributed by atoms with Gasteiger partial charge in [0.25, 0.3) is 0 Å². The van der Waals surface area contributed by atoms with Gasteiger partial charge in [-0.15, -0.1) is 0 Å². The van der Waals surface area contributed by atoms with Crippen molar-refractivity contribution in [3.8, 4) is 10.6 Å². The molecule has 1 aromatic rings. The first-order valence-electron chi connectivity index (χ1n) is 4.16. The number of hydrogen-bond donors (Lipinski definition) is 0. The molecule has 1 rings (SSSR count). The minimum absolute atomic E-state index is 0.0851. The molecule has 13 heavy (non-hydrogen) atoms. The number of rotatable bonds is 1. The molecule has 0 atom stereocenters. The molecule has 0 aromatic heterocycles. The van der Waals surface area contributed by atoms with E-state index >= 15 is 0 Å². The summed E-state index contributed by atoms with van der Waals surface area (Å²) >= 11 is -0.0851. The van der Waals surface area contributed by atoms with E-state index in [1.165, 1.54) is 9.34 Å². The van der Waals surface area contributed by atoms with Crippen LogP contribution in [-0.2, 0) is 25.2 Å². The quantitative estimate of drug-likeness (QED) is 0.536. The summed E-state index contributed by atoms with van der Waals surface area (Å²) in [7, 11) is 0. The van der Waals surface area contributed by atoms with Gasteiger partial charge < -0.3 is 0 Å². The summed E-state index contributed by atoms with van der Waals surface area (Å²) in [6.07, 6.45) is 5.28. The first kappa shape index (κ1) is 10.6. The second kappa shape index (κ2) is 4.15. The fraction of sp³-hybridized carbons (Fsp3) is 0.333. The molecule has 0 aliphatic heterocycles. The molecule has 0 fully saturated rings. The summed E-state index contributed by atoms with van der Waals surface area (Å²) < 4.78 is 4.05. The summed E-state index contributed by atoms with van der Waals surface area (Å²) in [5.41, 5.74) is 1.61. The van der Waals surface area contributed by atoms with Crippen molar-refractivity contribution in [3.63, 3.8) is 0 Å². The molecule has 0 nitrogen and oxygen atoms in total. The van der Waals surface area contributed by atoms with Crippen molar-refractivity contribution in [2.75, 3.05) is 0 Å². The van der Waals surface area contributed by atoms with Gasteiger partial charge in [0, 0.05) is 0 Å². The van der Waals surface area contributed by atoms with Crippen LogP contribution in [0, 0.1) is 10.6 Å². The zero-order valence-electron chi connectivity index (χ0n) is 8.19. The maximum atomic E-state index is 5.28. The van der Waals surface area contributed by atoms with Gasteiger partial charge in [-0.2, -0.15) is 0 Å². The zero-order chi connectivity index (χ0) is 9.90. The number of benzene rings is 1. The Kier molecular flexibility index (Phi) is 3.39. The van der Waals surface area contributed by atoms with Crippen molar-refractivity contribution >= 4 is 3.78 Å². The molecule has 0 aliphatic carbocycles. The average Bonchev–Trinajstić information content (AvgIpc) is 2.04. The molecule has 0 heterocycles. The van der Waals surface area contributed by atoms with Gasteiger partial charge in [0.15, 0.2) is 0 Å². The van der Waals surface area contributed by atoms with E-state index in [2.05, 4.69) is 49.2 Å². The second-order valence-corrected chi connectivity index (χ2v) is 6.29. The van der Waals surface area contributed by atoms with Crippen molar-refractivity contribution in [2.24, 2.45) is 0 Å². The van der Waals surface area contributed by atoms with Crippen molar-refractivity contribution in [1.82, 2.24) is 0 Å². The average molecular weight is 355 g/mol. The van der Waals surface area contributed by atoms with Crippen molar-refractivity contribution in [3.05, 3.63) is 29.8 Å². The minimum atomic E-state index is -0.0851. The van der Waals surface area contributed by atoms with Crippen molar-refractivity contribution < 1.29 is 19.8 Å². The van der Waals surface area contributed by atoms with Gasteiger partial charge in [-0.1, -0.05) is 0 Å². The first-order valence-corrected chi connectivity index (χ1v) is 6.33. The third-order valence-corrected chi connectivity index (χ3v) is 3.48. The van der Waals surface area contributed by atoms with E-state index in [9.17, 15) is 0 Å². The molecule has 0 bridgehead atoms. The summed E-state index contributed by atoms with van der Waals surface area (Å²) in [5, 5.41) is 0. The molecule has 0 radical (unpaired) electrons. The topological polar surface area (TPSA) is 0 Å². The van der Waals surface area contributed by atoms with Crippen LogP contribution in [-0.4, -0.2) is 0 Å². The zero-order valence-corrected chi connectivity index (χ0v) is 10.4. The molecule has 0 saturated carbocycles. The van der Waals surface area contributed by atoms with Crippen LogP contribution in [0.2, 0.25) is 0 Å². The van der Waals surface area contributed by atoms with Gasteiger partial charge in [-0.05, 0) is 0 Å². The van der Waals surface area contributed by atoms with Gasteiger partial charge in [-0.3, -0.25) is 0 Å². The Morgan fingerprint density at radius 3 is 2.08 bits per heavy atom. The van der Waals surface area contributed by atoms with Crippen LogP contribution < -0.4 is 3.78 Å². The molecular weight excluding hydrogens is 341 g/mol. The van der Waals surface area contributed by atoms with Gasteiger partial charge >= 0.3 is 90.1 Å². The van der Waals surface area contributed by atoms with Crippen molar-refractivity contribution in [1.29, 1.82) is 0 Å². The van der Waals surface area contributed by atoms with E-state index in [4.69, 9.17) is 6.42 Å². The Labute approximate surface area is 90.1 Å². The van der Waals surface area contributed by atoms with Crippen LogP contribution in [0.4, 0.5) is 0 Å². The van der Waals surface area contributed by atoms with Crippen LogP contribution in [0.1, 0.15) is 26.3 Å². The Balaban J connectivity index is 2.89. The predicted octanol–water partition coefficient (Wildman–Crippen LogP) is 2.28. The molecular formula is C12H14Au. The molecule has 73 valence electrons. The Bertz CT molecular complexity index is 308. The van der Waals surface area contributed by atoms with Crippen LogP contribution >= 0.6 is 0 Å². The Morgan fingerprint density at radius 2 is 1.69 bits per heavy atom. The summed E-state index contributed by atoms with van der Waals surface area (Å²) in [4.78, 5) is 0. The summed E-state index contributed by atoms with van der Waals surface area (Å²) in [5.74, 6) is 0. The van der Waals surface area contributed by atoms with E-state index in [-0.39, 0.29) is 25.2 Å². The summed E-state index contributed by atoms with van der Waals surface area (Å²) in [6, 6.07) is 8.68. The van der Waals surface area contributed by atoms with E-state index in [0.29, 0.717) is 0 Å². The molecule has 0 amide bonds. The van der Waals surface area contributed by atoms with Crippen LogP contribution in [0.25, 0.3) is 0 Å². The SMILES string of the molecule is C#[C][Au][c]1ccc(C(C)(C)C)cc1. The van der Waals surface area contributed by atoms with Crippen molar-refractivity contribution in [2.45, 2.75) is 26.2 Å². The molecule has 0 saturated heterocycles. The molecule has 0 spiro atoms. The summed E-state index contributed by atoms with van der Waals surface area (Å²) in [6.45, 7) is 6.66. The molecule has 1 heteroatoms. The molecule has 0 unspecified atom stereocenters. The van der Waals surface area contributed by atoms with E-state index in [0.717, 1.165) is 0 Å². The third kappa shape index (κ3) is 3.04. The molecule has 0 N–H and O–H groups in total. The Hall–Kier alpha value is -0.480. The van der Waals surface area contributed by atoms with Crippen LogP contribution in [0.3, 0.4) is 0 Å². The standard InChI is InChI=1S/C10H13.C2H.Au/c1-10(2,3)9-7-5-4-6-8-9;1-2;/h5-8H,1-3H3;1H;. The number of terminal acetylenes is 1. The van der Waals surface area contributed by atoms with Gasteiger partial charge in [0.05, 0.1) is 0 Å². The molecule has 1 aromatic carbocycles. The Morgan fingerprint density at radius 1 is 1.15 bits per heavy atom. The normalized spacial score (nSPS) is 11.2. The fourth-order valence-corrected chi connectivity index (χ4v) is 2.12. The predicted molar refractivity (Wildman–Crippen MR) is 53.6 cm³/mol. The van der Waals surface area contributed by atoms with Crippen LogP contribution in [0.15, 0.2) is 24.3 Å². The fourth-order valence-electron chi connectivity index (χ4n) is 1.04. The molecule has 0 aliphatic rings. The van der Waals surface area contributed by atoms with E-state index in [1.807, 2.05) is 0 Å². The van der Waals surface area contributed by atoms with E-state index < -0.39 is 0 Å². The van der Waals surface area contributed by atoms with Crippen LogP contribution in [0.5, 0.6) is 0 Å².